The summed E-state index contributed by atoms with van der Waals surface area (Å²) < 4.78 is 23.8. The topological polar surface area (TPSA) is 111 Å². The van der Waals surface area contributed by atoms with Gasteiger partial charge >= 0.3 is 6.01 Å². The number of hydrogen-bond donors (Lipinski definition) is 2. The van der Waals surface area contributed by atoms with E-state index in [0.29, 0.717) is 46.3 Å². The molecule has 3 unspecified atom stereocenters. The van der Waals surface area contributed by atoms with Gasteiger partial charge in [-0.2, -0.15) is 9.97 Å². The average molecular weight is 713 g/mol. The summed E-state index contributed by atoms with van der Waals surface area (Å²) in [5.74, 6) is -0.117. The Bertz CT molecular complexity index is 2060. The predicted molar refractivity (Wildman–Crippen MR) is 195 cm³/mol. The van der Waals surface area contributed by atoms with Gasteiger partial charge in [0, 0.05) is 42.5 Å². The highest BCUT2D eigenvalue weighted by molar-refractivity contribution is 8.24. The smallest absolute Gasteiger partial charge is 0.319 e. The number of nitrogens with one attached hydrogen (secondary N) is 1. The van der Waals surface area contributed by atoms with Gasteiger partial charge in [0.2, 0.25) is 11.8 Å². The van der Waals surface area contributed by atoms with Crippen LogP contribution in [0.1, 0.15) is 44.9 Å². The number of ether oxygens (including phenoxy) is 1. The highest BCUT2D eigenvalue weighted by atomic mass is 32.2. The molecule has 2 bridgehead atoms. The number of piperazine rings is 1. The monoisotopic (exact) mass is 712 g/mol. The van der Waals surface area contributed by atoms with Crippen LogP contribution >= 0.6 is 24.0 Å². The Morgan fingerprint density at radius 1 is 1.04 bits per heavy atom. The number of aromatic nitrogens is 2. The minimum Gasteiger partial charge on any atom is -0.508 e. The van der Waals surface area contributed by atoms with Crippen LogP contribution in [-0.4, -0.2) is 96.7 Å². The lowest BCUT2D eigenvalue weighted by molar-refractivity contribution is -0.136. The number of nitrogens with zero attached hydrogens (tertiary/aromatic N) is 5. The Morgan fingerprint density at radius 3 is 2.54 bits per heavy atom. The number of anilines is 1. The van der Waals surface area contributed by atoms with Crippen molar-refractivity contribution in [3.8, 4) is 22.9 Å². The number of hydrogen-bond acceptors (Lipinski definition) is 10. The molecule has 6 heterocycles. The quantitative estimate of drug-likeness (QED) is 0.242. The number of rotatable bonds is 7. The van der Waals surface area contributed by atoms with E-state index in [0.717, 1.165) is 62.4 Å². The molecule has 5 fully saturated rings. The molecule has 4 aromatic rings. The standard InChI is InChI=1S/C37H37FN6O4S2/c38-31-26(28-16-24(45)15-21-5-1-2-6-25(21)28)9-10-27-32(31)39-35(48-20-37-11-3-13-43(37)14-4-12-37)40-33(27)42-18-22-7-8-23(19-42)44(22)30(46)17-29-34(47)41-36(49)50-29/h1-2,5-6,9-10,15-16,22-23,29,45H,3-4,7-8,11-14,17-20H2,(H,41,47,49). The van der Waals surface area contributed by atoms with E-state index < -0.39 is 11.1 Å². The van der Waals surface area contributed by atoms with Gasteiger partial charge in [-0.1, -0.05) is 54.3 Å². The van der Waals surface area contributed by atoms with Gasteiger partial charge in [0.25, 0.3) is 0 Å². The first-order valence-electron chi connectivity index (χ1n) is 17.4. The van der Waals surface area contributed by atoms with Crippen LogP contribution in [0.3, 0.4) is 0 Å². The second kappa shape index (κ2) is 12.3. The van der Waals surface area contributed by atoms with E-state index in [4.69, 9.17) is 26.9 Å². The fourth-order valence-corrected chi connectivity index (χ4v) is 10.4. The molecule has 9 rings (SSSR count). The van der Waals surface area contributed by atoms with E-state index >= 15 is 4.39 Å². The van der Waals surface area contributed by atoms with Crippen molar-refractivity contribution in [3.05, 3.63) is 54.3 Å². The van der Waals surface area contributed by atoms with Crippen LogP contribution in [0.15, 0.2) is 48.5 Å². The maximum atomic E-state index is 16.9. The summed E-state index contributed by atoms with van der Waals surface area (Å²) in [6.07, 6.45) is 6.16. The van der Waals surface area contributed by atoms with Crippen molar-refractivity contribution in [2.75, 3.05) is 37.7 Å². The first-order chi connectivity index (χ1) is 24.3. The summed E-state index contributed by atoms with van der Waals surface area (Å²) in [5, 5.41) is 14.9. The van der Waals surface area contributed by atoms with E-state index in [-0.39, 0.29) is 53.1 Å². The second-order valence-electron chi connectivity index (χ2n) is 14.3. The summed E-state index contributed by atoms with van der Waals surface area (Å²) >= 11 is 6.38. The van der Waals surface area contributed by atoms with Crippen LogP contribution in [0.5, 0.6) is 11.8 Å². The molecule has 10 nitrogen and oxygen atoms in total. The van der Waals surface area contributed by atoms with Crippen molar-refractivity contribution in [1.82, 2.24) is 25.1 Å². The van der Waals surface area contributed by atoms with Gasteiger partial charge in [0.15, 0.2) is 5.82 Å². The normalized spacial score (nSPS) is 24.4. The predicted octanol–water partition coefficient (Wildman–Crippen LogP) is 5.39. The fraction of sp³-hybridized carbons (Fsp3) is 0.432. The number of halogens is 1. The van der Waals surface area contributed by atoms with E-state index in [1.807, 2.05) is 35.2 Å². The second-order valence-corrected chi connectivity index (χ2v) is 16.1. The van der Waals surface area contributed by atoms with Gasteiger partial charge in [0.1, 0.15) is 28.0 Å². The van der Waals surface area contributed by atoms with E-state index in [2.05, 4.69) is 15.1 Å². The lowest BCUT2D eigenvalue weighted by Crippen LogP contribution is -2.56. The molecular weight excluding hydrogens is 676 g/mol. The summed E-state index contributed by atoms with van der Waals surface area (Å²) in [6.45, 7) is 3.61. The van der Waals surface area contributed by atoms with Gasteiger partial charge in [-0.25, -0.2) is 4.39 Å². The van der Waals surface area contributed by atoms with Crippen LogP contribution in [0.25, 0.3) is 32.8 Å². The first kappa shape index (κ1) is 31.9. The lowest BCUT2D eigenvalue weighted by atomic mass is 9.95. The highest BCUT2D eigenvalue weighted by Gasteiger charge is 2.46. The Hall–Kier alpha value is -4.07. The summed E-state index contributed by atoms with van der Waals surface area (Å²) in [5.41, 5.74) is 1.03. The van der Waals surface area contributed by atoms with Crippen molar-refractivity contribution in [2.45, 2.75) is 67.8 Å². The number of carbonyl (C=O) groups is 2. The van der Waals surface area contributed by atoms with Crippen molar-refractivity contribution in [3.63, 3.8) is 0 Å². The molecule has 3 atom stereocenters. The molecule has 2 N–H and O–H groups in total. The van der Waals surface area contributed by atoms with Crippen molar-refractivity contribution < 1.29 is 23.8 Å². The van der Waals surface area contributed by atoms with Crippen LogP contribution < -0.4 is 15.0 Å². The Labute approximate surface area is 298 Å². The molecule has 50 heavy (non-hydrogen) atoms. The van der Waals surface area contributed by atoms with Crippen LogP contribution in [0.4, 0.5) is 10.2 Å². The molecular formula is C37H37FN6O4S2. The average Bonchev–Trinajstić information content (AvgIpc) is 3.84. The van der Waals surface area contributed by atoms with Crippen molar-refractivity contribution >= 4 is 67.6 Å². The summed E-state index contributed by atoms with van der Waals surface area (Å²) in [4.78, 5) is 42.2. The third kappa shape index (κ3) is 5.36. The molecule has 3 aromatic carbocycles. The van der Waals surface area contributed by atoms with E-state index in [9.17, 15) is 14.7 Å². The number of aromatic hydroxyl groups is 1. The van der Waals surface area contributed by atoms with Crippen molar-refractivity contribution in [2.24, 2.45) is 0 Å². The number of carbonyl (C=O) groups excluding carboxylic acids is 2. The molecule has 0 spiro atoms. The minimum absolute atomic E-state index is 0.0390. The van der Waals surface area contributed by atoms with E-state index in [1.165, 1.54) is 11.8 Å². The molecule has 0 radical (unpaired) electrons. The number of thiocarbonyl (C=S) groups is 1. The molecule has 258 valence electrons. The third-order valence-electron chi connectivity index (χ3n) is 11.4. The molecule has 1 aromatic heterocycles. The van der Waals surface area contributed by atoms with Crippen molar-refractivity contribution in [1.29, 1.82) is 0 Å². The SMILES string of the molecule is O=C1NC(=S)SC1CC(=O)N1C2CCC1CN(c1nc(OCC34CCCN3CCC4)nc3c(F)c(-c4cc(O)cc5ccccc45)ccc13)C2. The number of phenolic OH excluding ortho intramolecular Hbond substituents is 1. The number of thioether (sulfide) groups is 1. The maximum Gasteiger partial charge on any atom is 0.319 e. The zero-order valence-corrected chi connectivity index (χ0v) is 29.1. The Morgan fingerprint density at radius 2 is 1.80 bits per heavy atom. The molecule has 5 saturated heterocycles. The lowest BCUT2D eigenvalue weighted by Gasteiger charge is -2.42. The van der Waals surface area contributed by atoms with Crippen LogP contribution in [-0.2, 0) is 9.59 Å². The molecule has 5 aliphatic heterocycles. The Kier molecular flexibility index (Phi) is 7.85. The molecule has 0 aliphatic carbocycles. The number of amides is 2. The zero-order valence-electron chi connectivity index (χ0n) is 27.4. The Balaban J connectivity index is 1.08. The highest BCUT2D eigenvalue weighted by Crippen LogP contribution is 2.42. The van der Waals surface area contributed by atoms with Crippen LogP contribution in [0, 0.1) is 5.82 Å². The van der Waals surface area contributed by atoms with Gasteiger partial charge in [0.05, 0.1) is 10.8 Å². The van der Waals surface area contributed by atoms with Gasteiger partial charge in [-0.3, -0.25) is 14.5 Å². The number of phenols is 1. The van der Waals surface area contributed by atoms with Gasteiger partial charge in [-0.15, -0.1) is 0 Å². The maximum absolute atomic E-state index is 16.9. The number of fused-ring (bicyclic) bond motifs is 5. The summed E-state index contributed by atoms with van der Waals surface area (Å²) in [6, 6.07) is 14.5. The first-order valence-corrected chi connectivity index (χ1v) is 18.7. The largest absolute Gasteiger partial charge is 0.508 e. The minimum atomic E-state index is -0.506. The third-order valence-corrected chi connectivity index (χ3v) is 12.8. The molecule has 5 aliphatic rings. The molecule has 0 saturated carbocycles. The van der Waals surface area contributed by atoms with Crippen LogP contribution in [0.2, 0.25) is 0 Å². The van der Waals surface area contributed by atoms with Gasteiger partial charge in [-0.05, 0) is 86.1 Å². The molecule has 2 amide bonds. The summed E-state index contributed by atoms with van der Waals surface area (Å²) in [7, 11) is 0. The van der Waals surface area contributed by atoms with Gasteiger partial charge < -0.3 is 25.0 Å². The zero-order chi connectivity index (χ0) is 34.1. The fourth-order valence-electron chi connectivity index (χ4n) is 9.09. The number of benzene rings is 3. The molecule has 13 heteroatoms. The van der Waals surface area contributed by atoms with E-state index in [1.54, 1.807) is 18.2 Å².